The minimum Gasteiger partial charge on any atom is -0.311 e. The Bertz CT molecular complexity index is 1120. The summed E-state index contributed by atoms with van der Waals surface area (Å²) in [7, 11) is 0. The fourth-order valence-electron chi connectivity index (χ4n) is 3.83. The van der Waals surface area contributed by atoms with E-state index in [2.05, 4.69) is 90.4 Å². The molecule has 2 nitrogen and oxygen atoms in total. The van der Waals surface area contributed by atoms with Gasteiger partial charge >= 0.3 is 0 Å². The number of benzene rings is 3. The monoisotopic (exact) mass is 322 g/mol. The van der Waals surface area contributed by atoms with Crippen LogP contribution in [0.25, 0.3) is 16.6 Å². The minimum atomic E-state index is 0.833. The number of para-hydroxylation sites is 3. The summed E-state index contributed by atoms with van der Waals surface area (Å²) in [4.78, 5) is 5.04. The first-order valence-corrected chi connectivity index (χ1v) is 8.64. The van der Waals surface area contributed by atoms with E-state index in [0.717, 1.165) is 23.5 Å². The molecule has 0 saturated heterocycles. The van der Waals surface area contributed by atoms with Gasteiger partial charge < -0.3 is 4.57 Å². The highest BCUT2D eigenvalue weighted by Crippen LogP contribution is 2.36. The number of hydrogen-bond acceptors (Lipinski definition) is 1. The molecule has 0 N–H and O–H groups in total. The van der Waals surface area contributed by atoms with E-state index >= 15 is 0 Å². The molecule has 1 aliphatic rings. The topological polar surface area (TPSA) is 17.3 Å². The Balaban J connectivity index is 1.86. The molecule has 4 aromatic rings. The predicted octanol–water partition coefficient (Wildman–Crippen LogP) is 5.62. The molecule has 0 fully saturated rings. The summed E-state index contributed by atoms with van der Waals surface area (Å²) in [5.41, 5.74) is 8.43. The number of hydrogen-bond donors (Lipinski definition) is 0. The van der Waals surface area contributed by atoms with Crippen molar-refractivity contribution in [3.05, 3.63) is 95.7 Å². The van der Waals surface area contributed by atoms with Crippen molar-refractivity contribution in [2.75, 3.05) is 0 Å². The summed E-state index contributed by atoms with van der Waals surface area (Å²) < 4.78 is 2.39. The van der Waals surface area contributed by atoms with E-state index in [1.807, 2.05) is 0 Å². The molecule has 2 heterocycles. The third-order valence-electron chi connectivity index (χ3n) is 5.07. The second-order valence-corrected chi connectivity index (χ2v) is 6.51. The van der Waals surface area contributed by atoms with E-state index < -0.39 is 0 Å². The van der Waals surface area contributed by atoms with Gasteiger partial charge in [-0.25, -0.2) is 0 Å². The molecule has 1 aromatic heterocycles. The lowest BCUT2D eigenvalue weighted by molar-refractivity contribution is 1.02. The second kappa shape index (κ2) is 5.45. The van der Waals surface area contributed by atoms with Crippen LogP contribution in [0.5, 0.6) is 0 Å². The second-order valence-electron chi connectivity index (χ2n) is 6.51. The highest BCUT2D eigenvalue weighted by Gasteiger charge is 2.22. The molecule has 0 spiro atoms. The van der Waals surface area contributed by atoms with E-state index in [0.29, 0.717) is 0 Å². The third-order valence-corrected chi connectivity index (χ3v) is 5.07. The van der Waals surface area contributed by atoms with Crippen molar-refractivity contribution >= 4 is 22.3 Å². The van der Waals surface area contributed by atoms with Crippen LogP contribution < -0.4 is 0 Å². The smallest absolute Gasteiger partial charge is 0.0873 e. The maximum atomic E-state index is 5.04. The van der Waals surface area contributed by atoms with Crippen molar-refractivity contribution in [1.29, 1.82) is 0 Å². The highest BCUT2D eigenvalue weighted by molar-refractivity contribution is 6.05. The number of aromatic nitrogens is 1. The molecule has 0 radical (unpaired) electrons. The molecule has 5 rings (SSSR count). The fourth-order valence-corrected chi connectivity index (χ4v) is 3.83. The van der Waals surface area contributed by atoms with Gasteiger partial charge in [-0.15, -0.1) is 0 Å². The molecule has 0 aliphatic carbocycles. The normalized spacial score (nSPS) is 13.1. The van der Waals surface area contributed by atoms with Crippen LogP contribution in [0.2, 0.25) is 0 Å². The van der Waals surface area contributed by atoms with Crippen molar-refractivity contribution in [3.8, 4) is 5.69 Å². The number of fused-ring (bicyclic) bond motifs is 5. The maximum absolute atomic E-state index is 5.04. The van der Waals surface area contributed by atoms with Gasteiger partial charge in [0.15, 0.2) is 0 Å². The predicted molar refractivity (Wildman–Crippen MR) is 104 cm³/mol. The molecule has 0 unspecified atom stereocenters. The van der Waals surface area contributed by atoms with Gasteiger partial charge in [0.2, 0.25) is 0 Å². The van der Waals surface area contributed by atoms with Gasteiger partial charge in [0.05, 0.1) is 22.6 Å². The molecule has 3 aromatic carbocycles. The van der Waals surface area contributed by atoms with Crippen LogP contribution in [0.15, 0.2) is 83.9 Å². The Labute approximate surface area is 147 Å². The highest BCUT2D eigenvalue weighted by atomic mass is 15.0. The first kappa shape index (κ1) is 14.2. The standard InChI is InChI=1S/C23H18N2/c1-16-18-11-5-7-13-21(18)25-22-14-8-6-12-19(22)24-20(15-23(16)25)17-9-3-2-4-10-17/h2-14H,15H2,1H3. The van der Waals surface area contributed by atoms with Crippen LogP contribution in [-0.4, -0.2) is 10.3 Å². The van der Waals surface area contributed by atoms with Crippen LogP contribution in [0.1, 0.15) is 16.8 Å². The SMILES string of the molecule is Cc1c2n(c3ccccc13)-c1ccccc1N=C(c1ccccc1)C2. The summed E-state index contributed by atoms with van der Waals surface area (Å²) in [6.07, 6.45) is 0.833. The van der Waals surface area contributed by atoms with Gasteiger partial charge in [0.25, 0.3) is 0 Å². The molecule has 0 bridgehead atoms. The molecule has 120 valence electrons. The Morgan fingerprint density at radius 1 is 0.800 bits per heavy atom. The zero-order chi connectivity index (χ0) is 16.8. The van der Waals surface area contributed by atoms with E-state index in [9.17, 15) is 0 Å². The number of rotatable bonds is 1. The lowest BCUT2D eigenvalue weighted by atomic mass is 10.0. The largest absolute Gasteiger partial charge is 0.311 e. The lowest BCUT2D eigenvalue weighted by Crippen LogP contribution is -2.07. The first-order chi connectivity index (χ1) is 12.3. The van der Waals surface area contributed by atoms with Crippen molar-refractivity contribution in [2.45, 2.75) is 13.3 Å². The van der Waals surface area contributed by atoms with Crippen molar-refractivity contribution in [3.63, 3.8) is 0 Å². The molecule has 0 saturated carbocycles. The Hall–Kier alpha value is -3.13. The number of aliphatic imine (C=N–C) groups is 1. The van der Waals surface area contributed by atoms with Gasteiger partial charge in [0.1, 0.15) is 0 Å². The van der Waals surface area contributed by atoms with Crippen molar-refractivity contribution < 1.29 is 0 Å². The Morgan fingerprint density at radius 3 is 2.40 bits per heavy atom. The van der Waals surface area contributed by atoms with Crippen molar-refractivity contribution in [2.24, 2.45) is 4.99 Å². The van der Waals surface area contributed by atoms with E-state index in [-0.39, 0.29) is 0 Å². The summed E-state index contributed by atoms with van der Waals surface area (Å²) in [6.45, 7) is 2.23. The molecule has 0 atom stereocenters. The van der Waals surface area contributed by atoms with E-state index in [4.69, 9.17) is 4.99 Å². The third kappa shape index (κ3) is 2.14. The molecular weight excluding hydrogens is 304 g/mol. The fraction of sp³-hybridized carbons (Fsp3) is 0.0870. The van der Waals surface area contributed by atoms with E-state index in [1.54, 1.807) is 0 Å². The number of aryl methyl sites for hydroxylation is 1. The summed E-state index contributed by atoms with van der Waals surface area (Å²) in [5.74, 6) is 0. The quantitative estimate of drug-likeness (QED) is 0.433. The molecule has 2 heteroatoms. The Morgan fingerprint density at radius 2 is 1.52 bits per heavy atom. The van der Waals surface area contributed by atoms with Gasteiger partial charge in [0, 0.05) is 17.5 Å². The average molecular weight is 322 g/mol. The zero-order valence-corrected chi connectivity index (χ0v) is 14.1. The van der Waals surface area contributed by atoms with E-state index in [1.165, 1.54) is 27.7 Å². The van der Waals surface area contributed by atoms with Gasteiger partial charge in [-0.1, -0.05) is 60.7 Å². The van der Waals surface area contributed by atoms with Gasteiger partial charge in [-0.05, 0) is 36.2 Å². The Kier molecular flexibility index (Phi) is 3.10. The summed E-state index contributed by atoms with van der Waals surface area (Å²) in [6, 6.07) is 27.6. The summed E-state index contributed by atoms with van der Waals surface area (Å²) >= 11 is 0. The molecule has 0 amide bonds. The lowest BCUT2D eigenvalue weighted by Gasteiger charge is -2.10. The molecule has 1 aliphatic heterocycles. The average Bonchev–Trinajstić information content (AvgIpc) is 2.84. The molecule has 25 heavy (non-hydrogen) atoms. The maximum Gasteiger partial charge on any atom is 0.0873 e. The van der Waals surface area contributed by atoms with Crippen LogP contribution in [0, 0.1) is 6.92 Å². The van der Waals surface area contributed by atoms with Crippen LogP contribution in [0.3, 0.4) is 0 Å². The molecular formula is C23H18N2. The van der Waals surface area contributed by atoms with Crippen LogP contribution >= 0.6 is 0 Å². The van der Waals surface area contributed by atoms with Crippen LogP contribution in [-0.2, 0) is 6.42 Å². The van der Waals surface area contributed by atoms with Gasteiger partial charge in [-0.3, -0.25) is 4.99 Å². The minimum absolute atomic E-state index is 0.833. The number of nitrogens with zero attached hydrogens (tertiary/aromatic N) is 2. The summed E-state index contributed by atoms with van der Waals surface area (Å²) in [5, 5.41) is 1.32. The first-order valence-electron chi connectivity index (χ1n) is 8.64. The van der Waals surface area contributed by atoms with Crippen molar-refractivity contribution in [1.82, 2.24) is 4.57 Å². The van der Waals surface area contributed by atoms with Crippen LogP contribution in [0.4, 0.5) is 5.69 Å². The zero-order valence-electron chi connectivity index (χ0n) is 14.1. The van der Waals surface area contributed by atoms with Gasteiger partial charge in [-0.2, -0.15) is 0 Å².